The van der Waals surface area contributed by atoms with E-state index in [-0.39, 0.29) is 47.8 Å². The minimum absolute atomic E-state index is 0.0668. The van der Waals surface area contributed by atoms with E-state index in [2.05, 4.69) is 20.3 Å². The molecule has 11 nitrogen and oxygen atoms in total. The van der Waals surface area contributed by atoms with E-state index < -0.39 is 10.2 Å². The fourth-order valence-corrected chi connectivity index (χ4v) is 4.89. The molecule has 2 aromatic heterocycles. The molecular weight excluding hydrogens is 521 g/mol. The predicted molar refractivity (Wildman–Crippen MR) is 150 cm³/mol. The molecular formula is C26H28FN9O2S. The van der Waals surface area contributed by atoms with E-state index in [1.165, 1.54) is 26.4 Å². The van der Waals surface area contributed by atoms with Crippen LogP contribution in [-0.4, -0.2) is 47.5 Å². The first kappa shape index (κ1) is 27.4. The first-order valence-corrected chi connectivity index (χ1v) is 13.2. The number of rotatable bonds is 10. The molecule has 13 heteroatoms. The maximum atomic E-state index is 14.1. The molecule has 39 heavy (non-hydrogen) atoms. The molecule has 0 amide bonds. The van der Waals surface area contributed by atoms with Crippen LogP contribution in [0.15, 0.2) is 72.9 Å². The Morgan fingerprint density at radius 1 is 0.974 bits per heavy atom. The maximum absolute atomic E-state index is 14.1. The number of nitrogen functional groups attached to an aromatic ring is 2. The quantitative estimate of drug-likeness (QED) is 0.219. The van der Waals surface area contributed by atoms with Crippen LogP contribution < -0.4 is 21.1 Å². The molecule has 0 bridgehead atoms. The van der Waals surface area contributed by atoms with Crippen LogP contribution in [0.3, 0.4) is 0 Å². The normalized spacial score (nSPS) is 11.4. The Bertz CT molecular complexity index is 1580. The molecule has 0 radical (unpaired) electrons. The van der Waals surface area contributed by atoms with Gasteiger partial charge in [-0.25, -0.2) is 23.6 Å². The molecule has 4 aromatic rings. The summed E-state index contributed by atoms with van der Waals surface area (Å²) in [7, 11) is -1.26. The van der Waals surface area contributed by atoms with Gasteiger partial charge in [0.2, 0.25) is 0 Å². The number of hydrogen-bond donors (Lipinski definition) is 4. The van der Waals surface area contributed by atoms with E-state index in [1.54, 1.807) is 54.6 Å². The van der Waals surface area contributed by atoms with Crippen LogP contribution in [0.4, 0.5) is 27.5 Å². The highest BCUT2D eigenvalue weighted by molar-refractivity contribution is 7.90. The minimum Gasteiger partial charge on any atom is -0.382 e. The molecule has 6 N–H and O–H groups in total. The molecule has 0 saturated heterocycles. The van der Waals surface area contributed by atoms with Crippen molar-refractivity contribution in [2.75, 3.05) is 35.2 Å². The Hall–Kier alpha value is -4.62. The summed E-state index contributed by atoms with van der Waals surface area (Å²) in [6, 6.07) is 18.5. The lowest BCUT2D eigenvalue weighted by atomic mass is 10.1. The van der Waals surface area contributed by atoms with Crippen LogP contribution in [0.1, 0.15) is 22.5 Å². The van der Waals surface area contributed by atoms with Crippen LogP contribution in [0.5, 0.6) is 0 Å². The third-order valence-electron chi connectivity index (χ3n) is 5.80. The largest absolute Gasteiger partial charge is 0.382 e. The Labute approximate surface area is 226 Å². The molecule has 4 rings (SSSR count). The van der Waals surface area contributed by atoms with Crippen molar-refractivity contribution in [1.82, 2.24) is 19.3 Å². The number of aromatic nitrogens is 3. The van der Waals surface area contributed by atoms with Crippen molar-refractivity contribution in [3.05, 3.63) is 101 Å². The van der Waals surface area contributed by atoms with E-state index >= 15 is 0 Å². The van der Waals surface area contributed by atoms with Gasteiger partial charge in [0.25, 0.3) is 0 Å². The van der Waals surface area contributed by atoms with Crippen LogP contribution >= 0.6 is 0 Å². The third kappa shape index (κ3) is 5.94. The average Bonchev–Trinajstić information content (AvgIpc) is 2.92. The summed E-state index contributed by atoms with van der Waals surface area (Å²) >= 11 is 0. The van der Waals surface area contributed by atoms with Gasteiger partial charge in [0, 0.05) is 38.0 Å². The first-order chi connectivity index (χ1) is 18.6. The smallest absolute Gasteiger partial charge is 0.304 e. The fraction of sp³-hybridized carbons (Fsp3) is 0.154. The summed E-state index contributed by atoms with van der Waals surface area (Å²) in [6.45, 7) is 0.0630. The van der Waals surface area contributed by atoms with Gasteiger partial charge in [0.15, 0.2) is 17.5 Å². The Kier molecular flexibility index (Phi) is 8.02. The van der Waals surface area contributed by atoms with Crippen LogP contribution in [0.25, 0.3) is 0 Å². The Morgan fingerprint density at radius 3 is 2.26 bits per heavy atom. The number of hydrogen-bond acceptors (Lipinski definition) is 9. The summed E-state index contributed by atoms with van der Waals surface area (Å²) in [6.07, 6.45) is 1.53. The zero-order valence-corrected chi connectivity index (χ0v) is 22.2. The lowest BCUT2D eigenvalue weighted by Gasteiger charge is -2.28. The molecule has 0 fully saturated rings. The second-order valence-corrected chi connectivity index (χ2v) is 10.7. The van der Waals surface area contributed by atoms with Crippen molar-refractivity contribution in [1.29, 1.82) is 5.41 Å². The van der Waals surface area contributed by atoms with E-state index in [0.717, 1.165) is 8.61 Å². The van der Waals surface area contributed by atoms with Gasteiger partial charge in [-0.1, -0.05) is 48.5 Å². The number of benzene rings is 2. The molecule has 0 aliphatic rings. The van der Waals surface area contributed by atoms with Gasteiger partial charge >= 0.3 is 10.2 Å². The monoisotopic (exact) mass is 549 g/mol. The molecule has 0 aliphatic heterocycles. The summed E-state index contributed by atoms with van der Waals surface area (Å²) in [4.78, 5) is 12.8. The summed E-state index contributed by atoms with van der Waals surface area (Å²) < 4.78 is 42.6. The van der Waals surface area contributed by atoms with E-state index in [0.29, 0.717) is 22.5 Å². The average molecular weight is 550 g/mol. The molecule has 0 aliphatic carbocycles. The van der Waals surface area contributed by atoms with Crippen molar-refractivity contribution < 1.29 is 12.8 Å². The SMILES string of the molecule is CN(C)S(=O)(=O)N(Cc1ccccc1)c1c(N)nc(C(=N)c2cccnc2NCc2ccccc2F)nc1N. The lowest BCUT2D eigenvalue weighted by Crippen LogP contribution is -2.40. The van der Waals surface area contributed by atoms with Gasteiger partial charge in [-0.2, -0.15) is 12.7 Å². The van der Waals surface area contributed by atoms with Crippen LogP contribution in [0, 0.1) is 11.2 Å². The molecule has 202 valence electrons. The second-order valence-electron chi connectivity index (χ2n) is 8.67. The van der Waals surface area contributed by atoms with E-state index in [9.17, 15) is 12.8 Å². The third-order valence-corrected chi connectivity index (χ3v) is 7.59. The highest BCUT2D eigenvalue weighted by Gasteiger charge is 2.31. The molecule has 2 heterocycles. The van der Waals surface area contributed by atoms with Crippen molar-refractivity contribution >= 4 is 39.1 Å². The van der Waals surface area contributed by atoms with E-state index in [4.69, 9.17) is 16.9 Å². The molecule has 0 saturated carbocycles. The number of halogens is 1. The van der Waals surface area contributed by atoms with Gasteiger partial charge in [-0.05, 0) is 23.8 Å². The highest BCUT2D eigenvalue weighted by atomic mass is 32.2. The Balaban J connectivity index is 1.69. The fourth-order valence-electron chi connectivity index (χ4n) is 3.77. The predicted octanol–water partition coefficient (Wildman–Crippen LogP) is 3.02. The van der Waals surface area contributed by atoms with Crippen LogP contribution in [-0.2, 0) is 23.3 Å². The van der Waals surface area contributed by atoms with Gasteiger partial charge < -0.3 is 16.8 Å². The molecule has 0 spiro atoms. The van der Waals surface area contributed by atoms with Gasteiger partial charge in [-0.3, -0.25) is 5.41 Å². The van der Waals surface area contributed by atoms with Crippen molar-refractivity contribution in [2.24, 2.45) is 0 Å². The second kappa shape index (κ2) is 11.4. The lowest BCUT2D eigenvalue weighted by molar-refractivity contribution is 0.515. The zero-order chi connectivity index (χ0) is 28.2. The summed E-state index contributed by atoms with van der Waals surface area (Å²) in [5, 5.41) is 11.8. The number of anilines is 4. The summed E-state index contributed by atoms with van der Waals surface area (Å²) in [5.41, 5.74) is 13.7. The Morgan fingerprint density at radius 2 is 1.62 bits per heavy atom. The summed E-state index contributed by atoms with van der Waals surface area (Å²) in [5.74, 6) is -0.624. The van der Waals surface area contributed by atoms with Gasteiger partial charge in [0.05, 0.1) is 6.54 Å². The van der Waals surface area contributed by atoms with E-state index in [1.807, 2.05) is 6.07 Å². The zero-order valence-electron chi connectivity index (χ0n) is 21.3. The number of nitrogens with one attached hydrogen (secondary N) is 2. The van der Waals surface area contributed by atoms with Gasteiger partial charge in [0.1, 0.15) is 23.0 Å². The highest BCUT2D eigenvalue weighted by Crippen LogP contribution is 2.32. The van der Waals surface area contributed by atoms with Crippen molar-refractivity contribution in [3.8, 4) is 0 Å². The van der Waals surface area contributed by atoms with Crippen LogP contribution in [0.2, 0.25) is 0 Å². The minimum atomic E-state index is -4.04. The number of pyridine rings is 1. The molecule has 0 unspecified atom stereocenters. The van der Waals surface area contributed by atoms with Crippen molar-refractivity contribution in [3.63, 3.8) is 0 Å². The topological polar surface area (TPSA) is 167 Å². The molecule has 2 aromatic carbocycles. The maximum Gasteiger partial charge on any atom is 0.304 e. The molecule has 0 atom stereocenters. The van der Waals surface area contributed by atoms with Crippen molar-refractivity contribution in [2.45, 2.75) is 13.1 Å². The number of nitrogens with two attached hydrogens (primary N) is 2. The van der Waals surface area contributed by atoms with Gasteiger partial charge in [-0.15, -0.1) is 0 Å². The first-order valence-electron chi connectivity index (χ1n) is 11.8. The standard InChI is InChI=1S/C26H28FN9O2S/c1-35(2)39(37,38)36(16-17-9-4-3-5-10-17)22-23(29)33-26(34-24(22)30)21(28)19-12-8-14-31-25(19)32-15-18-11-6-7-13-20(18)27/h3-14,28H,15-16H2,1-2H3,(H,31,32)(H4,29,30,33,34). The number of nitrogens with zero attached hydrogens (tertiary/aromatic N) is 5.